The molecule has 1 atom stereocenters. The van der Waals surface area contributed by atoms with Gasteiger partial charge in [-0.3, -0.25) is 14.6 Å². The number of nitrogens with zero attached hydrogens (tertiary/aromatic N) is 2. The number of nitrogens with one attached hydrogen (secondary N) is 1. The van der Waals surface area contributed by atoms with Gasteiger partial charge < -0.3 is 10.2 Å². The molecule has 0 fully saturated rings. The summed E-state index contributed by atoms with van der Waals surface area (Å²) in [5.74, 6) is -0.717. The average molecular weight is 420 g/mol. The molecule has 2 amide bonds. The van der Waals surface area contributed by atoms with E-state index in [4.69, 9.17) is 0 Å². The van der Waals surface area contributed by atoms with E-state index in [0.717, 1.165) is 16.7 Å². The van der Waals surface area contributed by atoms with E-state index in [1.54, 1.807) is 36.4 Å². The zero-order valence-electron chi connectivity index (χ0n) is 17.5. The standard InChI is InChI=1S/C25H26FN3O2/c1-2-24(30)29(18-20-10-12-22(26)13-11-20)23(15-19-7-4-3-5-8-19)25(31)28-17-21-9-6-14-27-16-21/h3-14,16,23H,2,15,17-18H2,1H3,(H,28,31)/t23-/m1/s1. The van der Waals surface area contributed by atoms with Crippen molar-refractivity contribution in [2.24, 2.45) is 0 Å². The molecule has 0 spiro atoms. The second-order valence-corrected chi connectivity index (χ2v) is 7.29. The Labute approximate surface area is 181 Å². The third kappa shape index (κ3) is 6.47. The number of amides is 2. The monoisotopic (exact) mass is 419 g/mol. The minimum absolute atomic E-state index is 0.137. The number of halogens is 1. The smallest absolute Gasteiger partial charge is 0.243 e. The normalized spacial score (nSPS) is 11.5. The Bertz CT molecular complexity index is 979. The highest BCUT2D eigenvalue weighted by Crippen LogP contribution is 2.16. The van der Waals surface area contributed by atoms with Gasteiger partial charge in [0.05, 0.1) is 0 Å². The lowest BCUT2D eigenvalue weighted by atomic mass is 10.0. The molecule has 1 N–H and O–H groups in total. The summed E-state index contributed by atoms with van der Waals surface area (Å²) in [4.78, 5) is 31.7. The van der Waals surface area contributed by atoms with Gasteiger partial charge in [-0.05, 0) is 34.9 Å². The van der Waals surface area contributed by atoms with E-state index in [2.05, 4.69) is 10.3 Å². The Morgan fingerprint density at radius 2 is 1.68 bits per heavy atom. The Hall–Kier alpha value is -3.54. The summed E-state index contributed by atoms with van der Waals surface area (Å²) in [5, 5.41) is 2.94. The fraction of sp³-hybridized carbons (Fsp3) is 0.240. The van der Waals surface area contributed by atoms with E-state index in [-0.39, 0.29) is 30.6 Å². The van der Waals surface area contributed by atoms with Crippen LogP contribution in [0.5, 0.6) is 0 Å². The van der Waals surface area contributed by atoms with Gasteiger partial charge in [0, 0.05) is 38.3 Å². The molecule has 3 rings (SSSR count). The maximum atomic E-state index is 13.3. The minimum atomic E-state index is -0.698. The van der Waals surface area contributed by atoms with Crippen LogP contribution in [0.25, 0.3) is 0 Å². The summed E-state index contributed by atoms with van der Waals surface area (Å²) >= 11 is 0. The molecule has 31 heavy (non-hydrogen) atoms. The number of benzene rings is 2. The highest BCUT2D eigenvalue weighted by atomic mass is 19.1. The van der Waals surface area contributed by atoms with Crippen LogP contribution in [0, 0.1) is 5.82 Å². The van der Waals surface area contributed by atoms with Crippen LogP contribution in [0.2, 0.25) is 0 Å². The number of carbonyl (C=O) groups excluding carboxylic acids is 2. The maximum absolute atomic E-state index is 13.3. The van der Waals surface area contributed by atoms with Crippen molar-refractivity contribution >= 4 is 11.8 Å². The lowest BCUT2D eigenvalue weighted by Gasteiger charge is -2.31. The van der Waals surface area contributed by atoms with Crippen LogP contribution in [-0.4, -0.2) is 27.7 Å². The van der Waals surface area contributed by atoms with Gasteiger partial charge in [0.2, 0.25) is 11.8 Å². The Kier molecular flexibility index (Phi) is 7.87. The van der Waals surface area contributed by atoms with Crippen molar-refractivity contribution in [3.63, 3.8) is 0 Å². The molecule has 0 unspecified atom stereocenters. The largest absolute Gasteiger partial charge is 0.350 e. The first-order chi connectivity index (χ1) is 15.1. The summed E-state index contributed by atoms with van der Waals surface area (Å²) in [7, 11) is 0. The van der Waals surface area contributed by atoms with Gasteiger partial charge >= 0.3 is 0 Å². The number of aromatic nitrogens is 1. The lowest BCUT2D eigenvalue weighted by Crippen LogP contribution is -2.50. The first kappa shape index (κ1) is 22.2. The first-order valence-electron chi connectivity index (χ1n) is 10.3. The molecule has 0 aliphatic carbocycles. The van der Waals surface area contributed by atoms with E-state index in [9.17, 15) is 14.0 Å². The molecular weight excluding hydrogens is 393 g/mol. The van der Waals surface area contributed by atoms with Crippen LogP contribution in [0.3, 0.4) is 0 Å². The van der Waals surface area contributed by atoms with Gasteiger partial charge in [0.1, 0.15) is 11.9 Å². The Morgan fingerprint density at radius 1 is 0.968 bits per heavy atom. The van der Waals surface area contributed by atoms with Crippen LogP contribution in [0.1, 0.15) is 30.0 Å². The highest BCUT2D eigenvalue weighted by Gasteiger charge is 2.29. The summed E-state index contributed by atoms with van der Waals surface area (Å²) in [5.41, 5.74) is 2.60. The third-order valence-corrected chi connectivity index (χ3v) is 5.03. The second kappa shape index (κ2) is 11.0. The molecule has 3 aromatic rings. The van der Waals surface area contributed by atoms with E-state index >= 15 is 0 Å². The molecule has 1 aromatic heterocycles. The van der Waals surface area contributed by atoms with Gasteiger partial charge in [0.15, 0.2) is 0 Å². The zero-order valence-corrected chi connectivity index (χ0v) is 17.5. The van der Waals surface area contributed by atoms with Crippen LogP contribution in [0.4, 0.5) is 4.39 Å². The molecule has 0 aliphatic rings. The van der Waals surface area contributed by atoms with Crippen molar-refractivity contribution in [1.82, 2.24) is 15.2 Å². The SMILES string of the molecule is CCC(=O)N(Cc1ccc(F)cc1)[C@H](Cc1ccccc1)C(=O)NCc1cccnc1. The van der Waals surface area contributed by atoms with E-state index in [0.29, 0.717) is 13.0 Å². The van der Waals surface area contributed by atoms with Crippen LogP contribution in [-0.2, 0) is 29.1 Å². The molecule has 0 saturated heterocycles. The van der Waals surface area contributed by atoms with Crippen LogP contribution in [0.15, 0.2) is 79.1 Å². The summed E-state index contributed by atoms with van der Waals surface area (Å²) in [6.07, 6.45) is 4.02. The number of carbonyl (C=O) groups is 2. The van der Waals surface area contributed by atoms with Crippen molar-refractivity contribution in [3.05, 3.63) is 102 Å². The molecular formula is C25H26FN3O2. The van der Waals surface area contributed by atoms with E-state index in [1.807, 2.05) is 42.5 Å². The molecule has 0 saturated carbocycles. The van der Waals surface area contributed by atoms with Crippen molar-refractivity contribution in [3.8, 4) is 0 Å². The van der Waals surface area contributed by atoms with Gasteiger partial charge in [-0.15, -0.1) is 0 Å². The van der Waals surface area contributed by atoms with Crippen molar-refractivity contribution in [2.45, 2.75) is 38.9 Å². The quantitative estimate of drug-likeness (QED) is 0.572. The zero-order chi connectivity index (χ0) is 22.1. The van der Waals surface area contributed by atoms with E-state index in [1.165, 1.54) is 12.1 Å². The molecule has 0 aliphatic heterocycles. The van der Waals surface area contributed by atoms with Crippen LogP contribution >= 0.6 is 0 Å². The summed E-state index contributed by atoms with van der Waals surface area (Å²) in [6, 6.07) is 18.6. The maximum Gasteiger partial charge on any atom is 0.243 e. The molecule has 2 aromatic carbocycles. The van der Waals surface area contributed by atoms with Crippen molar-refractivity contribution in [1.29, 1.82) is 0 Å². The predicted octanol–water partition coefficient (Wildman–Crippen LogP) is 3.89. The first-order valence-corrected chi connectivity index (χ1v) is 10.3. The van der Waals surface area contributed by atoms with Crippen molar-refractivity contribution < 1.29 is 14.0 Å². The number of hydrogen-bond acceptors (Lipinski definition) is 3. The second-order valence-electron chi connectivity index (χ2n) is 7.29. The highest BCUT2D eigenvalue weighted by molar-refractivity contribution is 5.87. The van der Waals surface area contributed by atoms with Gasteiger partial charge in [-0.1, -0.05) is 55.5 Å². The molecule has 1 heterocycles. The Morgan fingerprint density at radius 3 is 2.32 bits per heavy atom. The van der Waals surface area contributed by atoms with Crippen LogP contribution < -0.4 is 5.32 Å². The van der Waals surface area contributed by atoms with Gasteiger partial charge in [-0.25, -0.2) is 4.39 Å². The van der Waals surface area contributed by atoms with Crippen molar-refractivity contribution in [2.75, 3.05) is 0 Å². The summed E-state index contributed by atoms with van der Waals surface area (Å²) in [6.45, 7) is 2.32. The topological polar surface area (TPSA) is 62.3 Å². The third-order valence-electron chi connectivity index (χ3n) is 5.03. The fourth-order valence-corrected chi connectivity index (χ4v) is 3.35. The number of rotatable bonds is 9. The fourth-order valence-electron chi connectivity index (χ4n) is 3.35. The average Bonchev–Trinajstić information content (AvgIpc) is 2.82. The molecule has 5 nitrogen and oxygen atoms in total. The van der Waals surface area contributed by atoms with E-state index < -0.39 is 6.04 Å². The number of pyridine rings is 1. The number of hydrogen-bond donors (Lipinski definition) is 1. The Balaban J connectivity index is 1.85. The lowest BCUT2D eigenvalue weighted by molar-refractivity contribution is -0.141. The molecule has 160 valence electrons. The minimum Gasteiger partial charge on any atom is -0.350 e. The summed E-state index contributed by atoms with van der Waals surface area (Å²) < 4.78 is 13.3. The van der Waals surface area contributed by atoms with Gasteiger partial charge in [0.25, 0.3) is 0 Å². The molecule has 0 bridgehead atoms. The molecule has 0 radical (unpaired) electrons. The van der Waals surface area contributed by atoms with Gasteiger partial charge in [-0.2, -0.15) is 0 Å². The predicted molar refractivity (Wildman–Crippen MR) is 117 cm³/mol. The molecule has 6 heteroatoms.